The van der Waals surface area contributed by atoms with Crippen molar-refractivity contribution in [2.45, 2.75) is 44.6 Å². The molecule has 146 valence electrons. The Morgan fingerprint density at radius 2 is 2.11 bits per heavy atom. The molecule has 2 N–H and O–H groups in total. The molecule has 2 saturated heterocycles. The number of carbonyl (C=O) groups is 1. The molecule has 2 aromatic heterocycles. The minimum Gasteiger partial charge on any atom is -0.468 e. The van der Waals surface area contributed by atoms with Gasteiger partial charge in [0.1, 0.15) is 11.6 Å². The van der Waals surface area contributed by atoms with Crippen LogP contribution in [0.4, 0.5) is 4.79 Å². The minimum absolute atomic E-state index is 0.00960. The van der Waals surface area contributed by atoms with Gasteiger partial charge in [0.2, 0.25) is 0 Å². The van der Waals surface area contributed by atoms with Crippen molar-refractivity contribution in [1.29, 1.82) is 0 Å². The number of H-pyrrole nitrogens is 1. The fraction of sp³-hybridized carbons (Fsp3) is 0.632. The number of rotatable bonds is 5. The molecule has 4 rings (SSSR count). The number of hydrogen-bond acceptors (Lipinski definition) is 5. The number of amides is 2. The maximum absolute atomic E-state index is 12.7. The van der Waals surface area contributed by atoms with Gasteiger partial charge in [0.05, 0.1) is 12.3 Å². The average Bonchev–Trinajstić information content (AvgIpc) is 3.45. The number of furan rings is 1. The van der Waals surface area contributed by atoms with Gasteiger partial charge >= 0.3 is 6.03 Å². The number of carbonyl (C=O) groups excluding carboxylic acids is 1. The average molecular weight is 372 g/mol. The second kappa shape index (κ2) is 8.12. The molecule has 2 aromatic rings. The van der Waals surface area contributed by atoms with Crippen LogP contribution in [0.2, 0.25) is 0 Å². The highest BCUT2D eigenvalue weighted by molar-refractivity contribution is 5.74. The van der Waals surface area contributed by atoms with Gasteiger partial charge in [-0.25, -0.2) is 9.78 Å². The fourth-order valence-corrected chi connectivity index (χ4v) is 4.12. The standard InChI is InChI=1S/C19H28N6O2/c1-14-21-18(23-22-14)15-6-10-25(11-7-15)19(26)20-13-16(17-5-4-12-27-17)24-8-2-3-9-24/h4-5,12,15-16H,2-3,6-11,13H2,1H3,(H,20,26)(H,21,22,23). The number of aromatic nitrogens is 3. The molecule has 27 heavy (non-hydrogen) atoms. The van der Waals surface area contributed by atoms with Gasteiger partial charge in [0.15, 0.2) is 5.82 Å². The Kier molecular flexibility index (Phi) is 5.42. The summed E-state index contributed by atoms with van der Waals surface area (Å²) in [4.78, 5) is 21.4. The molecule has 2 fully saturated rings. The van der Waals surface area contributed by atoms with E-state index in [1.165, 1.54) is 12.8 Å². The number of likely N-dealkylation sites (tertiary alicyclic amines) is 2. The van der Waals surface area contributed by atoms with Crippen LogP contribution < -0.4 is 5.32 Å². The van der Waals surface area contributed by atoms with Crippen molar-refractivity contribution < 1.29 is 9.21 Å². The van der Waals surface area contributed by atoms with E-state index in [0.29, 0.717) is 12.5 Å². The topological polar surface area (TPSA) is 90.3 Å². The molecule has 2 amide bonds. The Labute approximate surface area is 159 Å². The summed E-state index contributed by atoms with van der Waals surface area (Å²) in [6.07, 6.45) is 5.92. The lowest BCUT2D eigenvalue weighted by molar-refractivity contribution is 0.169. The third-order valence-electron chi connectivity index (χ3n) is 5.66. The van der Waals surface area contributed by atoms with Crippen molar-refractivity contribution >= 4 is 6.03 Å². The molecule has 1 atom stereocenters. The van der Waals surface area contributed by atoms with Gasteiger partial charge in [-0.2, -0.15) is 5.10 Å². The molecule has 0 aromatic carbocycles. The van der Waals surface area contributed by atoms with Crippen molar-refractivity contribution in [3.63, 3.8) is 0 Å². The van der Waals surface area contributed by atoms with Crippen LogP contribution in [0.15, 0.2) is 22.8 Å². The normalized spacial score (nSPS) is 20.1. The molecular weight excluding hydrogens is 344 g/mol. The fourth-order valence-electron chi connectivity index (χ4n) is 4.12. The van der Waals surface area contributed by atoms with E-state index in [-0.39, 0.29) is 12.1 Å². The highest BCUT2D eigenvalue weighted by Gasteiger charge is 2.29. The van der Waals surface area contributed by atoms with Crippen LogP contribution in [-0.4, -0.2) is 63.7 Å². The first-order valence-electron chi connectivity index (χ1n) is 9.90. The second-order valence-corrected chi connectivity index (χ2v) is 7.50. The van der Waals surface area contributed by atoms with E-state index in [4.69, 9.17) is 4.42 Å². The van der Waals surface area contributed by atoms with Gasteiger partial charge in [0, 0.05) is 25.6 Å². The van der Waals surface area contributed by atoms with Crippen LogP contribution in [0.5, 0.6) is 0 Å². The summed E-state index contributed by atoms with van der Waals surface area (Å²) in [5.41, 5.74) is 0. The summed E-state index contributed by atoms with van der Waals surface area (Å²) in [6.45, 7) is 6.07. The van der Waals surface area contributed by atoms with Crippen molar-refractivity contribution in [2.24, 2.45) is 0 Å². The Bertz CT molecular complexity index is 729. The SMILES string of the molecule is Cc1nc(C2CCN(C(=O)NCC(c3ccco3)N3CCCC3)CC2)n[nH]1. The number of aromatic amines is 1. The number of urea groups is 1. The largest absolute Gasteiger partial charge is 0.468 e. The Morgan fingerprint density at radius 1 is 1.33 bits per heavy atom. The van der Waals surface area contributed by atoms with Crippen LogP contribution in [0.1, 0.15) is 55.1 Å². The van der Waals surface area contributed by atoms with Crippen LogP contribution in [0, 0.1) is 6.92 Å². The van der Waals surface area contributed by atoms with Gasteiger partial charge in [-0.15, -0.1) is 0 Å². The van der Waals surface area contributed by atoms with Crippen molar-refractivity contribution in [2.75, 3.05) is 32.7 Å². The predicted molar refractivity (Wildman–Crippen MR) is 100 cm³/mol. The van der Waals surface area contributed by atoms with Crippen LogP contribution in [0.3, 0.4) is 0 Å². The summed E-state index contributed by atoms with van der Waals surface area (Å²) in [7, 11) is 0. The molecule has 1 unspecified atom stereocenters. The van der Waals surface area contributed by atoms with Crippen molar-refractivity contribution in [3.05, 3.63) is 35.8 Å². The molecule has 2 aliphatic heterocycles. The predicted octanol–water partition coefficient (Wildman–Crippen LogP) is 2.43. The highest BCUT2D eigenvalue weighted by atomic mass is 16.3. The van der Waals surface area contributed by atoms with E-state index in [1.54, 1.807) is 6.26 Å². The number of nitrogens with one attached hydrogen (secondary N) is 2. The van der Waals surface area contributed by atoms with Gasteiger partial charge in [0.25, 0.3) is 0 Å². The summed E-state index contributed by atoms with van der Waals surface area (Å²) >= 11 is 0. The zero-order valence-corrected chi connectivity index (χ0v) is 15.9. The zero-order chi connectivity index (χ0) is 18.6. The third-order valence-corrected chi connectivity index (χ3v) is 5.66. The number of nitrogens with zero attached hydrogens (tertiary/aromatic N) is 4. The molecule has 8 nitrogen and oxygen atoms in total. The molecule has 0 spiro atoms. The summed E-state index contributed by atoms with van der Waals surface area (Å²) in [5.74, 6) is 2.98. The summed E-state index contributed by atoms with van der Waals surface area (Å²) in [6, 6.07) is 4.03. The lowest BCUT2D eigenvalue weighted by Crippen LogP contribution is -2.46. The lowest BCUT2D eigenvalue weighted by atomic mass is 9.96. The van der Waals surface area contributed by atoms with Crippen LogP contribution >= 0.6 is 0 Å². The van der Waals surface area contributed by atoms with Crippen LogP contribution in [0.25, 0.3) is 0 Å². The van der Waals surface area contributed by atoms with Gasteiger partial charge in [-0.05, 0) is 57.8 Å². The van der Waals surface area contributed by atoms with E-state index in [9.17, 15) is 4.79 Å². The van der Waals surface area contributed by atoms with Crippen molar-refractivity contribution in [3.8, 4) is 0 Å². The third kappa shape index (κ3) is 4.16. The molecular formula is C19H28N6O2. The molecule has 8 heteroatoms. The first-order chi connectivity index (χ1) is 13.2. The van der Waals surface area contributed by atoms with E-state index < -0.39 is 0 Å². The monoisotopic (exact) mass is 372 g/mol. The summed E-state index contributed by atoms with van der Waals surface area (Å²) in [5, 5.41) is 10.3. The maximum Gasteiger partial charge on any atom is 0.317 e. The van der Waals surface area contributed by atoms with Gasteiger partial charge in [-0.1, -0.05) is 0 Å². The minimum atomic E-state index is 0.00960. The molecule has 0 aliphatic carbocycles. The van der Waals surface area contributed by atoms with Crippen molar-refractivity contribution in [1.82, 2.24) is 30.3 Å². The quantitative estimate of drug-likeness (QED) is 0.841. The molecule has 2 aliphatic rings. The van der Waals surface area contributed by atoms with E-state index in [2.05, 4.69) is 25.4 Å². The van der Waals surface area contributed by atoms with Crippen LogP contribution in [-0.2, 0) is 0 Å². The molecule has 0 saturated carbocycles. The Hall–Kier alpha value is -2.35. The van der Waals surface area contributed by atoms with Gasteiger partial charge in [-0.3, -0.25) is 10.00 Å². The Balaban J connectivity index is 1.30. The maximum atomic E-state index is 12.7. The lowest BCUT2D eigenvalue weighted by Gasteiger charge is -2.32. The van der Waals surface area contributed by atoms with E-state index in [0.717, 1.165) is 56.4 Å². The first-order valence-corrected chi connectivity index (χ1v) is 9.90. The number of piperidine rings is 1. The molecule has 0 radical (unpaired) electrons. The first kappa shape index (κ1) is 18.0. The number of aryl methyl sites for hydroxylation is 1. The number of hydrogen-bond donors (Lipinski definition) is 2. The molecule has 0 bridgehead atoms. The second-order valence-electron chi connectivity index (χ2n) is 7.50. The highest BCUT2D eigenvalue weighted by Crippen LogP contribution is 2.27. The summed E-state index contributed by atoms with van der Waals surface area (Å²) < 4.78 is 5.63. The smallest absolute Gasteiger partial charge is 0.317 e. The van der Waals surface area contributed by atoms with Gasteiger partial charge < -0.3 is 14.6 Å². The van der Waals surface area contributed by atoms with E-state index in [1.807, 2.05) is 24.0 Å². The van der Waals surface area contributed by atoms with E-state index >= 15 is 0 Å². The zero-order valence-electron chi connectivity index (χ0n) is 15.9. The Morgan fingerprint density at radius 3 is 2.74 bits per heavy atom. The molecule has 4 heterocycles.